The maximum absolute atomic E-state index is 13.2. The van der Waals surface area contributed by atoms with Crippen LogP contribution in [-0.4, -0.2) is 22.7 Å². The molecule has 1 aromatic heterocycles. The molecule has 0 bridgehead atoms. The van der Waals surface area contributed by atoms with Crippen molar-refractivity contribution in [1.82, 2.24) is 5.01 Å². The Hall–Kier alpha value is -2.15. The van der Waals surface area contributed by atoms with Crippen LogP contribution in [0.15, 0.2) is 69.6 Å². The highest BCUT2D eigenvalue weighted by Crippen LogP contribution is 2.44. The standard InChI is InChI=1S/C21H14BrClN2O2S/c22-13-5-8-18-15(10-13)17-11-16(19-2-1-9-28-19)24-25(17)21(27-18)20(26)12-3-6-14(23)7-4-12/h1-10,17,21H,11H2/t17-,21+/m0/s1. The number of carbonyl (C=O) groups excluding carboxylic acids is 1. The van der Waals surface area contributed by atoms with E-state index in [1.54, 1.807) is 40.6 Å². The second kappa shape index (κ2) is 7.03. The average molecular weight is 474 g/mol. The summed E-state index contributed by atoms with van der Waals surface area (Å²) in [5.74, 6) is 0.589. The number of hydrogen-bond donors (Lipinski definition) is 0. The number of hydrogen-bond acceptors (Lipinski definition) is 5. The molecule has 5 rings (SSSR count). The molecule has 2 atom stereocenters. The van der Waals surface area contributed by atoms with Crippen LogP contribution in [0.3, 0.4) is 0 Å². The second-order valence-corrected chi connectivity index (χ2v) is 8.95. The molecule has 4 nitrogen and oxygen atoms in total. The van der Waals surface area contributed by atoms with Crippen LogP contribution in [0.2, 0.25) is 5.02 Å². The number of nitrogens with zero attached hydrogens (tertiary/aromatic N) is 2. The highest BCUT2D eigenvalue weighted by Gasteiger charge is 2.43. The summed E-state index contributed by atoms with van der Waals surface area (Å²) in [5.41, 5.74) is 2.56. The lowest BCUT2D eigenvalue weighted by molar-refractivity contribution is -0.00458. The molecular formula is C21H14BrClN2O2S. The monoisotopic (exact) mass is 472 g/mol. The van der Waals surface area contributed by atoms with E-state index in [4.69, 9.17) is 21.4 Å². The Labute approximate surface area is 179 Å². The van der Waals surface area contributed by atoms with E-state index in [1.807, 2.05) is 29.6 Å². The summed E-state index contributed by atoms with van der Waals surface area (Å²) in [5, 5.41) is 9.23. The zero-order chi connectivity index (χ0) is 19.3. The van der Waals surface area contributed by atoms with E-state index in [2.05, 4.69) is 22.0 Å². The fourth-order valence-corrected chi connectivity index (χ4v) is 4.81. The number of Topliss-reactive ketones (excluding diaryl/α,β-unsaturated/α-hetero) is 1. The van der Waals surface area contributed by atoms with Gasteiger partial charge >= 0.3 is 0 Å². The van der Waals surface area contributed by atoms with E-state index < -0.39 is 6.23 Å². The predicted molar refractivity (Wildman–Crippen MR) is 114 cm³/mol. The number of rotatable bonds is 3. The van der Waals surface area contributed by atoms with Crippen LogP contribution in [0.25, 0.3) is 0 Å². The zero-order valence-corrected chi connectivity index (χ0v) is 17.7. The number of thiophene rings is 1. The highest BCUT2D eigenvalue weighted by atomic mass is 79.9. The van der Waals surface area contributed by atoms with Gasteiger partial charge in [-0.15, -0.1) is 11.3 Å². The van der Waals surface area contributed by atoms with Gasteiger partial charge in [0.1, 0.15) is 5.75 Å². The van der Waals surface area contributed by atoms with Crippen molar-refractivity contribution in [3.63, 3.8) is 0 Å². The Morgan fingerprint density at radius 1 is 1.21 bits per heavy atom. The lowest BCUT2D eigenvalue weighted by Crippen LogP contribution is -2.45. The smallest absolute Gasteiger partial charge is 0.251 e. The molecule has 3 heterocycles. The number of benzene rings is 2. The minimum absolute atomic E-state index is 0.0420. The van der Waals surface area contributed by atoms with E-state index in [-0.39, 0.29) is 11.8 Å². The summed E-state index contributed by atoms with van der Waals surface area (Å²) >= 11 is 11.2. The van der Waals surface area contributed by atoms with Gasteiger partial charge in [0.2, 0.25) is 5.78 Å². The first kappa shape index (κ1) is 17.9. The van der Waals surface area contributed by atoms with Crippen molar-refractivity contribution in [3.05, 3.63) is 85.5 Å². The number of ketones is 1. The van der Waals surface area contributed by atoms with Gasteiger partial charge in [-0.05, 0) is 53.9 Å². The molecule has 0 spiro atoms. The number of hydrazone groups is 1. The van der Waals surface area contributed by atoms with Crippen LogP contribution in [-0.2, 0) is 0 Å². The summed E-state index contributed by atoms with van der Waals surface area (Å²) in [4.78, 5) is 14.4. The Morgan fingerprint density at radius 2 is 2.04 bits per heavy atom. The SMILES string of the molecule is O=C(c1ccc(Cl)cc1)[C@H]1Oc2ccc(Br)cc2[C@@H]2CC(c3cccs3)=NN12. The second-order valence-electron chi connectivity index (χ2n) is 6.65. The van der Waals surface area contributed by atoms with Crippen molar-refractivity contribution in [3.8, 4) is 5.75 Å². The van der Waals surface area contributed by atoms with Crippen molar-refractivity contribution in [2.45, 2.75) is 18.7 Å². The van der Waals surface area contributed by atoms with Gasteiger partial charge in [0.05, 0.1) is 16.6 Å². The van der Waals surface area contributed by atoms with E-state index in [9.17, 15) is 4.79 Å². The highest BCUT2D eigenvalue weighted by molar-refractivity contribution is 9.10. The Balaban J connectivity index is 1.57. The Bertz CT molecular complexity index is 1080. The van der Waals surface area contributed by atoms with Gasteiger partial charge in [-0.3, -0.25) is 4.79 Å². The van der Waals surface area contributed by atoms with Crippen molar-refractivity contribution in [2.75, 3.05) is 0 Å². The van der Waals surface area contributed by atoms with Crippen molar-refractivity contribution in [1.29, 1.82) is 0 Å². The fraction of sp³-hybridized carbons (Fsp3) is 0.143. The molecule has 0 aliphatic carbocycles. The molecule has 2 aliphatic heterocycles. The fourth-order valence-electron chi connectivity index (χ4n) is 3.58. The summed E-state index contributed by atoms with van der Waals surface area (Å²) in [6, 6.07) is 16.8. The summed E-state index contributed by atoms with van der Waals surface area (Å²) < 4.78 is 7.11. The molecule has 0 N–H and O–H groups in total. The number of carbonyl (C=O) groups is 1. The minimum Gasteiger partial charge on any atom is -0.461 e. The van der Waals surface area contributed by atoms with Crippen molar-refractivity contribution in [2.24, 2.45) is 5.10 Å². The third-order valence-electron chi connectivity index (χ3n) is 4.91. The number of fused-ring (bicyclic) bond motifs is 3. The summed E-state index contributed by atoms with van der Waals surface area (Å²) in [6.07, 6.45) is -0.0742. The zero-order valence-electron chi connectivity index (χ0n) is 14.5. The molecule has 0 saturated carbocycles. The van der Waals surface area contributed by atoms with Gasteiger partial charge in [0, 0.05) is 27.0 Å². The number of ether oxygens (including phenoxy) is 1. The molecule has 2 aliphatic rings. The van der Waals surface area contributed by atoms with Crippen LogP contribution in [0.4, 0.5) is 0 Å². The Morgan fingerprint density at radius 3 is 2.79 bits per heavy atom. The van der Waals surface area contributed by atoms with Crippen molar-refractivity contribution < 1.29 is 9.53 Å². The molecular weight excluding hydrogens is 460 g/mol. The minimum atomic E-state index is -0.808. The van der Waals surface area contributed by atoms with E-state index in [0.717, 1.165) is 32.8 Å². The largest absolute Gasteiger partial charge is 0.461 e. The molecule has 3 aromatic rings. The van der Waals surface area contributed by atoms with Gasteiger partial charge in [0.25, 0.3) is 6.23 Å². The molecule has 0 unspecified atom stereocenters. The maximum Gasteiger partial charge on any atom is 0.251 e. The maximum atomic E-state index is 13.2. The molecule has 2 aromatic carbocycles. The van der Waals surface area contributed by atoms with Crippen LogP contribution in [0.1, 0.15) is 33.3 Å². The summed E-state index contributed by atoms with van der Waals surface area (Å²) in [7, 11) is 0. The molecule has 7 heteroatoms. The molecule has 140 valence electrons. The average Bonchev–Trinajstić information content (AvgIpc) is 3.37. The van der Waals surface area contributed by atoms with Crippen LogP contribution >= 0.6 is 38.9 Å². The van der Waals surface area contributed by atoms with E-state index in [1.165, 1.54) is 0 Å². The lowest BCUT2D eigenvalue weighted by atomic mass is 9.97. The third-order valence-corrected chi connectivity index (χ3v) is 6.57. The Kier molecular flexibility index (Phi) is 4.50. The van der Waals surface area contributed by atoms with Gasteiger partial charge in [-0.2, -0.15) is 5.10 Å². The molecule has 0 fully saturated rings. The van der Waals surface area contributed by atoms with E-state index in [0.29, 0.717) is 10.6 Å². The lowest BCUT2D eigenvalue weighted by Gasteiger charge is -2.37. The third kappa shape index (κ3) is 3.05. The summed E-state index contributed by atoms with van der Waals surface area (Å²) in [6.45, 7) is 0. The van der Waals surface area contributed by atoms with Crippen LogP contribution < -0.4 is 4.74 Å². The molecule has 28 heavy (non-hydrogen) atoms. The van der Waals surface area contributed by atoms with E-state index >= 15 is 0 Å². The molecule has 0 radical (unpaired) electrons. The number of halogens is 2. The topological polar surface area (TPSA) is 41.9 Å². The first-order chi connectivity index (χ1) is 13.6. The van der Waals surface area contributed by atoms with Crippen molar-refractivity contribution >= 4 is 50.4 Å². The normalized spacial score (nSPS) is 20.2. The van der Waals surface area contributed by atoms with Gasteiger partial charge in [0.15, 0.2) is 0 Å². The van der Waals surface area contributed by atoms with Gasteiger partial charge in [-0.25, -0.2) is 5.01 Å². The molecule has 0 saturated heterocycles. The quantitative estimate of drug-likeness (QED) is 0.444. The predicted octanol–water partition coefficient (Wildman–Crippen LogP) is 5.92. The van der Waals surface area contributed by atoms with Crippen LogP contribution in [0, 0.1) is 0 Å². The first-order valence-corrected chi connectivity index (χ1v) is 10.8. The first-order valence-electron chi connectivity index (χ1n) is 8.76. The molecule has 0 amide bonds. The van der Waals surface area contributed by atoms with Gasteiger partial charge in [-0.1, -0.05) is 33.6 Å². The van der Waals surface area contributed by atoms with Gasteiger partial charge < -0.3 is 4.74 Å². The van der Waals surface area contributed by atoms with Crippen LogP contribution in [0.5, 0.6) is 5.75 Å².